The predicted molar refractivity (Wildman–Crippen MR) is 64.9 cm³/mol. The van der Waals surface area contributed by atoms with Crippen molar-refractivity contribution >= 4 is 23.0 Å². The van der Waals surface area contributed by atoms with Gasteiger partial charge in [-0.3, -0.25) is 4.99 Å². The molecule has 0 spiro atoms. The van der Waals surface area contributed by atoms with Crippen molar-refractivity contribution in [1.82, 2.24) is 5.32 Å². The summed E-state index contributed by atoms with van der Waals surface area (Å²) in [5.74, 6) is 0. The summed E-state index contributed by atoms with van der Waals surface area (Å²) in [4.78, 5) is 4.60. The average molecular weight is 237 g/mol. The van der Waals surface area contributed by atoms with Crippen molar-refractivity contribution in [3.63, 3.8) is 0 Å². The van der Waals surface area contributed by atoms with Gasteiger partial charge < -0.3 is 10.1 Å². The topological polar surface area (TPSA) is 33.6 Å². The van der Waals surface area contributed by atoms with Gasteiger partial charge in [0, 0.05) is 24.5 Å². The molecule has 0 bridgehead atoms. The van der Waals surface area contributed by atoms with Crippen molar-refractivity contribution in [1.29, 1.82) is 0 Å². The molecule has 2 heterocycles. The number of benzene rings is 1. The standard InChI is InChI=1S/C12H13ClN2O/c13-9-2-1-8-5-11(15-10(8)6-9)12-7-14-3-4-16-12/h1-2,6,12,14H,3-5,7H2. The normalized spacial score (nSPS) is 24.1. The second-order valence-electron chi connectivity index (χ2n) is 4.12. The van der Waals surface area contributed by atoms with Crippen molar-refractivity contribution in [3.05, 3.63) is 28.8 Å². The zero-order chi connectivity index (χ0) is 11.0. The first-order chi connectivity index (χ1) is 7.83. The van der Waals surface area contributed by atoms with Crippen LogP contribution in [-0.2, 0) is 11.2 Å². The van der Waals surface area contributed by atoms with E-state index in [9.17, 15) is 0 Å². The quantitative estimate of drug-likeness (QED) is 0.809. The Morgan fingerprint density at radius 1 is 1.44 bits per heavy atom. The first-order valence-electron chi connectivity index (χ1n) is 5.51. The highest BCUT2D eigenvalue weighted by molar-refractivity contribution is 6.31. The van der Waals surface area contributed by atoms with Crippen LogP contribution in [0.5, 0.6) is 0 Å². The number of nitrogens with zero attached hydrogens (tertiary/aromatic N) is 1. The van der Waals surface area contributed by atoms with Crippen LogP contribution in [0.25, 0.3) is 0 Å². The van der Waals surface area contributed by atoms with E-state index in [0.717, 1.165) is 42.5 Å². The van der Waals surface area contributed by atoms with E-state index in [-0.39, 0.29) is 6.10 Å². The summed E-state index contributed by atoms with van der Waals surface area (Å²) in [6.45, 7) is 2.56. The van der Waals surface area contributed by atoms with Gasteiger partial charge >= 0.3 is 0 Å². The molecule has 1 N–H and O–H groups in total. The van der Waals surface area contributed by atoms with Crippen molar-refractivity contribution in [2.24, 2.45) is 4.99 Å². The summed E-state index contributed by atoms with van der Waals surface area (Å²) in [5.41, 5.74) is 3.36. The summed E-state index contributed by atoms with van der Waals surface area (Å²) in [5, 5.41) is 4.06. The molecule has 2 aliphatic rings. The molecular weight excluding hydrogens is 224 g/mol. The Kier molecular flexibility index (Phi) is 2.67. The summed E-state index contributed by atoms with van der Waals surface area (Å²) in [7, 11) is 0. The molecule has 3 rings (SSSR count). The number of nitrogens with one attached hydrogen (secondary N) is 1. The highest BCUT2D eigenvalue weighted by Crippen LogP contribution is 2.30. The summed E-state index contributed by atoms with van der Waals surface area (Å²) >= 11 is 5.94. The van der Waals surface area contributed by atoms with Crippen LogP contribution in [0.3, 0.4) is 0 Å². The number of rotatable bonds is 1. The lowest BCUT2D eigenvalue weighted by atomic mass is 10.1. The maximum absolute atomic E-state index is 5.94. The lowest BCUT2D eigenvalue weighted by Gasteiger charge is -2.23. The summed E-state index contributed by atoms with van der Waals surface area (Å²) in [6, 6.07) is 5.88. The number of halogens is 1. The van der Waals surface area contributed by atoms with Gasteiger partial charge in [0.15, 0.2) is 0 Å². The molecule has 0 saturated carbocycles. The maximum atomic E-state index is 5.94. The van der Waals surface area contributed by atoms with E-state index in [1.54, 1.807) is 0 Å². The van der Waals surface area contributed by atoms with E-state index in [1.807, 2.05) is 18.2 Å². The fourth-order valence-electron chi connectivity index (χ4n) is 2.15. The van der Waals surface area contributed by atoms with Gasteiger partial charge in [-0.2, -0.15) is 0 Å². The van der Waals surface area contributed by atoms with E-state index in [0.29, 0.717) is 0 Å². The minimum Gasteiger partial charge on any atom is -0.370 e. The molecule has 4 heteroatoms. The minimum atomic E-state index is 0.125. The van der Waals surface area contributed by atoms with Crippen LogP contribution >= 0.6 is 11.6 Å². The molecule has 1 atom stereocenters. The Labute approximate surface area is 99.5 Å². The molecule has 1 fully saturated rings. The zero-order valence-electron chi connectivity index (χ0n) is 8.87. The first kappa shape index (κ1) is 10.3. The Balaban J connectivity index is 1.83. The number of hydrogen-bond donors (Lipinski definition) is 1. The molecule has 1 aromatic carbocycles. The van der Waals surface area contributed by atoms with Gasteiger partial charge in [-0.1, -0.05) is 17.7 Å². The summed E-state index contributed by atoms with van der Waals surface area (Å²) in [6.07, 6.45) is 1.01. The molecule has 0 amide bonds. The molecule has 1 saturated heterocycles. The number of morpholine rings is 1. The van der Waals surface area contributed by atoms with E-state index in [4.69, 9.17) is 16.3 Å². The lowest BCUT2D eigenvalue weighted by Crippen LogP contribution is -2.43. The van der Waals surface area contributed by atoms with Gasteiger partial charge in [-0.05, 0) is 17.7 Å². The van der Waals surface area contributed by atoms with Gasteiger partial charge in [0.2, 0.25) is 0 Å². The largest absolute Gasteiger partial charge is 0.370 e. The smallest absolute Gasteiger partial charge is 0.108 e. The van der Waals surface area contributed by atoms with Crippen molar-refractivity contribution < 1.29 is 4.74 Å². The minimum absolute atomic E-state index is 0.125. The van der Waals surface area contributed by atoms with Crippen LogP contribution in [0.2, 0.25) is 5.02 Å². The van der Waals surface area contributed by atoms with Crippen molar-refractivity contribution in [2.75, 3.05) is 19.7 Å². The van der Waals surface area contributed by atoms with Gasteiger partial charge in [-0.15, -0.1) is 0 Å². The van der Waals surface area contributed by atoms with Gasteiger partial charge in [0.05, 0.1) is 18.0 Å². The Hall–Kier alpha value is -0.900. The highest BCUT2D eigenvalue weighted by Gasteiger charge is 2.24. The second-order valence-corrected chi connectivity index (χ2v) is 4.55. The van der Waals surface area contributed by atoms with Crippen LogP contribution in [0.15, 0.2) is 23.2 Å². The van der Waals surface area contributed by atoms with Crippen LogP contribution in [0.4, 0.5) is 5.69 Å². The van der Waals surface area contributed by atoms with E-state index >= 15 is 0 Å². The Morgan fingerprint density at radius 3 is 3.19 bits per heavy atom. The molecule has 84 valence electrons. The van der Waals surface area contributed by atoms with Crippen LogP contribution < -0.4 is 5.32 Å². The Bertz CT molecular complexity index is 439. The van der Waals surface area contributed by atoms with Crippen LogP contribution in [0.1, 0.15) is 5.56 Å². The molecular formula is C12H13ClN2O. The van der Waals surface area contributed by atoms with Gasteiger partial charge in [-0.25, -0.2) is 0 Å². The van der Waals surface area contributed by atoms with Gasteiger partial charge in [0.25, 0.3) is 0 Å². The lowest BCUT2D eigenvalue weighted by molar-refractivity contribution is 0.0704. The summed E-state index contributed by atoms with van der Waals surface area (Å²) < 4.78 is 5.70. The predicted octanol–water partition coefficient (Wildman–Crippen LogP) is 1.96. The second kappa shape index (κ2) is 4.17. The SMILES string of the molecule is Clc1ccc2c(c1)N=C(C1CNCCO1)C2. The molecule has 1 aromatic rings. The van der Waals surface area contributed by atoms with E-state index in [1.165, 1.54) is 5.56 Å². The maximum Gasteiger partial charge on any atom is 0.108 e. The van der Waals surface area contributed by atoms with E-state index < -0.39 is 0 Å². The number of aliphatic imine (C=N–C) groups is 1. The third-order valence-corrected chi connectivity index (χ3v) is 3.22. The Morgan fingerprint density at radius 2 is 2.38 bits per heavy atom. The van der Waals surface area contributed by atoms with Gasteiger partial charge in [0.1, 0.15) is 6.10 Å². The van der Waals surface area contributed by atoms with Crippen molar-refractivity contribution in [3.8, 4) is 0 Å². The molecule has 0 radical (unpaired) electrons. The first-order valence-corrected chi connectivity index (χ1v) is 5.89. The number of fused-ring (bicyclic) bond motifs is 1. The molecule has 16 heavy (non-hydrogen) atoms. The average Bonchev–Trinajstić information content (AvgIpc) is 2.73. The third kappa shape index (κ3) is 1.86. The molecule has 0 aliphatic carbocycles. The third-order valence-electron chi connectivity index (χ3n) is 2.98. The zero-order valence-corrected chi connectivity index (χ0v) is 9.63. The molecule has 3 nitrogen and oxygen atoms in total. The fourth-order valence-corrected chi connectivity index (χ4v) is 2.31. The molecule has 1 unspecified atom stereocenters. The van der Waals surface area contributed by atoms with E-state index in [2.05, 4.69) is 10.3 Å². The van der Waals surface area contributed by atoms with Crippen molar-refractivity contribution in [2.45, 2.75) is 12.5 Å². The molecule has 2 aliphatic heterocycles. The van der Waals surface area contributed by atoms with Crippen LogP contribution in [0, 0.1) is 0 Å². The van der Waals surface area contributed by atoms with Crippen LogP contribution in [-0.4, -0.2) is 31.5 Å². The number of ether oxygens (including phenoxy) is 1. The molecule has 0 aromatic heterocycles. The highest BCUT2D eigenvalue weighted by atomic mass is 35.5. The fraction of sp³-hybridized carbons (Fsp3) is 0.417. The monoisotopic (exact) mass is 236 g/mol. The number of hydrogen-bond acceptors (Lipinski definition) is 3.